The van der Waals surface area contributed by atoms with Crippen molar-refractivity contribution in [2.24, 2.45) is 0 Å². The zero-order chi connectivity index (χ0) is 43.6. The molecule has 12 nitrogen and oxygen atoms in total. The maximum Gasteiger partial charge on any atom is 0.328 e. The first-order valence-electron chi connectivity index (χ1n) is 20.7. The lowest BCUT2D eigenvalue weighted by molar-refractivity contribution is -0.279. The summed E-state index contributed by atoms with van der Waals surface area (Å²) in [5.74, 6) is -1.22. The number of esters is 2. The van der Waals surface area contributed by atoms with Gasteiger partial charge in [-0.05, 0) is 34.2 Å². The zero-order valence-electron chi connectivity index (χ0n) is 35.0. The number of ether oxygens (including phenoxy) is 7. The molecule has 0 saturated heterocycles. The lowest BCUT2D eigenvalue weighted by atomic mass is 9.83. The smallest absolute Gasteiger partial charge is 0.328 e. The molecular weight excluding hydrogens is 812 g/mol. The van der Waals surface area contributed by atoms with Crippen LogP contribution in [0.3, 0.4) is 0 Å². The van der Waals surface area contributed by atoms with Gasteiger partial charge in [0.1, 0.15) is 49.3 Å². The highest BCUT2D eigenvalue weighted by molar-refractivity contribution is 7.52. The molecule has 1 aliphatic rings. The molecule has 1 N–H and O–H groups in total. The minimum Gasteiger partial charge on any atom is -0.462 e. The number of carbonyl (C=O) groups excluding carboxylic acids is 2. The lowest BCUT2D eigenvalue weighted by Crippen LogP contribution is -2.67. The van der Waals surface area contributed by atoms with Crippen molar-refractivity contribution in [2.45, 2.75) is 96.0 Å². The third kappa shape index (κ3) is 14.8. The largest absolute Gasteiger partial charge is 0.462 e. The summed E-state index contributed by atoms with van der Waals surface area (Å²) in [6.45, 7) is 2.80. The molecule has 0 spiro atoms. The van der Waals surface area contributed by atoms with Crippen LogP contribution in [0.25, 0.3) is 0 Å². The molecule has 62 heavy (non-hydrogen) atoms. The number of hydrogen-bond donors (Lipinski definition) is 1. The molecule has 0 aliphatic heterocycles. The molecule has 0 aromatic heterocycles. The van der Waals surface area contributed by atoms with Crippen molar-refractivity contribution in [3.8, 4) is 0 Å². The van der Waals surface area contributed by atoms with Gasteiger partial charge in [-0.25, -0.2) is 0 Å². The molecule has 1 aliphatic carbocycles. The summed E-state index contributed by atoms with van der Waals surface area (Å²) >= 11 is 0. The van der Waals surface area contributed by atoms with Crippen LogP contribution in [0.4, 0.5) is 0 Å². The second-order valence-corrected chi connectivity index (χ2v) is 17.0. The van der Waals surface area contributed by atoms with Crippen molar-refractivity contribution in [3.63, 3.8) is 0 Å². The van der Waals surface area contributed by atoms with Gasteiger partial charge in [-0.3, -0.25) is 18.7 Å². The van der Waals surface area contributed by atoms with Crippen LogP contribution >= 0.6 is 7.60 Å². The van der Waals surface area contributed by atoms with E-state index in [0.29, 0.717) is 0 Å². The van der Waals surface area contributed by atoms with Crippen LogP contribution in [0, 0.1) is 0 Å². The first-order chi connectivity index (χ1) is 30.1. The van der Waals surface area contributed by atoms with Crippen LogP contribution in [0.15, 0.2) is 152 Å². The summed E-state index contributed by atoms with van der Waals surface area (Å²) in [4.78, 5) is 35.4. The minimum absolute atomic E-state index is 0.0928. The van der Waals surface area contributed by atoms with E-state index < -0.39 is 68.4 Å². The van der Waals surface area contributed by atoms with E-state index in [1.165, 1.54) is 13.8 Å². The Balaban J connectivity index is 1.43. The molecule has 5 aromatic carbocycles. The number of carbonyl (C=O) groups is 2. The van der Waals surface area contributed by atoms with E-state index in [2.05, 4.69) is 0 Å². The molecule has 1 fully saturated rings. The molecule has 8 atom stereocenters. The van der Waals surface area contributed by atoms with Gasteiger partial charge in [0.05, 0.1) is 39.2 Å². The van der Waals surface area contributed by atoms with Crippen molar-refractivity contribution in [3.05, 3.63) is 179 Å². The van der Waals surface area contributed by atoms with E-state index in [0.717, 1.165) is 27.8 Å². The van der Waals surface area contributed by atoms with Crippen molar-refractivity contribution in [1.29, 1.82) is 0 Å². The van der Waals surface area contributed by atoms with Crippen LogP contribution in [0.5, 0.6) is 0 Å². The highest BCUT2D eigenvalue weighted by Crippen LogP contribution is 2.49. The number of benzene rings is 5. The van der Waals surface area contributed by atoms with Crippen LogP contribution in [-0.4, -0.2) is 72.3 Å². The maximum atomic E-state index is 14.5. The molecule has 5 aromatic rings. The van der Waals surface area contributed by atoms with Crippen molar-refractivity contribution in [1.82, 2.24) is 0 Å². The summed E-state index contributed by atoms with van der Waals surface area (Å²) < 4.78 is 65.6. The van der Waals surface area contributed by atoms with Gasteiger partial charge in [0.2, 0.25) is 0 Å². The molecule has 13 heteroatoms. The Kier molecular flexibility index (Phi) is 18.0. The van der Waals surface area contributed by atoms with Gasteiger partial charge in [0.15, 0.2) is 0 Å². The average Bonchev–Trinajstić information content (AvgIpc) is 3.28. The zero-order valence-corrected chi connectivity index (χ0v) is 35.9. The van der Waals surface area contributed by atoms with Crippen molar-refractivity contribution in [2.75, 3.05) is 12.8 Å². The van der Waals surface area contributed by atoms with Crippen molar-refractivity contribution >= 4 is 19.5 Å². The fourth-order valence-electron chi connectivity index (χ4n) is 7.19. The van der Waals surface area contributed by atoms with Crippen LogP contribution in [-0.2, 0) is 84.9 Å². The molecule has 0 heterocycles. The Labute approximate surface area is 363 Å². The van der Waals surface area contributed by atoms with Gasteiger partial charge in [0, 0.05) is 13.8 Å². The first-order valence-corrected chi connectivity index (χ1v) is 22.5. The fourth-order valence-corrected chi connectivity index (χ4v) is 8.53. The molecule has 6 rings (SSSR count). The Morgan fingerprint density at radius 3 is 1.05 bits per heavy atom. The van der Waals surface area contributed by atoms with Crippen LogP contribution in [0.1, 0.15) is 48.1 Å². The summed E-state index contributed by atoms with van der Waals surface area (Å²) in [6.07, 6.45) is -7.77. The summed E-state index contributed by atoms with van der Waals surface area (Å²) in [6, 6.07) is 48.2. The standard InChI is InChI=1S/C49H55O12P/c1-36(50)54-35-43(60-37(2)51)28-29-62(52,53)61-49-47(58-33-41-24-14-6-15-25-41)45(56-31-39-20-10-4-11-21-39)44(55-30-38-18-8-3-9-19-38)46(57-32-40-22-12-5-13-23-40)48(49)59-34-42-26-16-7-17-27-42/h3-27,43-49H,28-35H2,1-2H3,(H,52,53)/t43?,44?,45-,46+,47-,48-,49?/m0/s1. The van der Waals surface area contributed by atoms with Gasteiger partial charge < -0.3 is 38.1 Å². The number of rotatable bonds is 23. The quantitative estimate of drug-likeness (QED) is 0.0497. The Morgan fingerprint density at radius 2 is 0.774 bits per heavy atom. The van der Waals surface area contributed by atoms with E-state index in [-0.39, 0.29) is 46.1 Å². The molecule has 0 bridgehead atoms. The monoisotopic (exact) mass is 866 g/mol. The molecular formula is C49H55O12P. The van der Waals surface area contributed by atoms with Gasteiger partial charge in [-0.15, -0.1) is 0 Å². The van der Waals surface area contributed by atoms with Crippen molar-refractivity contribution < 1.29 is 56.7 Å². The molecule has 0 radical (unpaired) electrons. The second kappa shape index (κ2) is 24.0. The lowest BCUT2D eigenvalue weighted by Gasteiger charge is -2.50. The predicted octanol–water partition coefficient (Wildman–Crippen LogP) is 8.38. The molecule has 0 amide bonds. The predicted molar refractivity (Wildman–Crippen MR) is 231 cm³/mol. The van der Waals surface area contributed by atoms with E-state index in [1.807, 2.05) is 152 Å². The average molecular weight is 867 g/mol. The Bertz CT molecular complexity index is 2010. The third-order valence-corrected chi connectivity index (χ3v) is 11.6. The van der Waals surface area contributed by atoms with Gasteiger partial charge >= 0.3 is 19.5 Å². The fraction of sp³-hybridized carbons (Fsp3) is 0.347. The van der Waals surface area contributed by atoms with Crippen LogP contribution in [0.2, 0.25) is 0 Å². The minimum atomic E-state index is -4.61. The normalized spacial score (nSPS) is 21.3. The highest BCUT2D eigenvalue weighted by Gasteiger charge is 2.56. The van der Waals surface area contributed by atoms with E-state index in [4.69, 9.17) is 37.7 Å². The summed E-state index contributed by atoms with van der Waals surface area (Å²) in [5.41, 5.74) is 4.38. The Morgan fingerprint density at radius 1 is 0.484 bits per heavy atom. The SMILES string of the molecule is CC(=O)OCC(CCP(=O)(O)OC1[C@@H](OCc2ccccc2)[C@H](OCc2ccccc2)C(OCc2ccccc2)[C@H](OCc2ccccc2)[C@@H]1OCc1ccccc1)OC(C)=O. The first kappa shape index (κ1) is 46.5. The summed E-state index contributed by atoms with van der Waals surface area (Å²) in [7, 11) is -4.61. The second-order valence-electron chi connectivity index (χ2n) is 15.1. The van der Waals surface area contributed by atoms with Gasteiger partial charge in [-0.1, -0.05) is 152 Å². The van der Waals surface area contributed by atoms with E-state index in [9.17, 15) is 19.0 Å². The number of hydrogen-bond acceptors (Lipinski definition) is 11. The third-order valence-electron chi connectivity index (χ3n) is 10.2. The van der Waals surface area contributed by atoms with Gasteiger partial charge in [-0.2, -0.15) is 0 Å². The molecule has 328 valence electrons. The molecule has 4 unspecified atom stereocenters. The highest BCUT2D eigenvalue weighted by atomic mass is 31.2. The molecule has 1 saturated carbocycles. The Hall–Kier alpha value is -5.01. The van der Waals surface area contributed by atoms with Gasteiger partial charge in [0.25, 0.3) is 0 Å². The van der Waals surface area contributed by atoms with Crippen LogP contribution < -0.4 is 0 Å². The topological polar surface area (TPSA) is 145 Å². The maximum absolute atomic E-state index is 14.5. The summed E-state index contributed by atoms with van der Waals surface area (Å²) in [5, 5.41) is 0. The van der Waals surface area contributed by atoms with E-state index in [1.54, 1.807) is 0 Å². The van der Waals surface area contributed by atoms with E-state index >= 15 is 0 Å².